The minimum absolute atomic E-state index is 0.207. The Labute approximate surface area is 98.9 Å². The number of likely N-dealkylation sites (N-methyl/N-ethyl adjacent to an activating group) is 2. The number of piperazine rings is 1. The fourth-order valence-corrected chi connectivity index (χ4v) is 2.13. The first kappa shape index (κ1) is 13.3. The number of hydrogen-bond acceptors (Lipinski definition) is 1. The van der Waals surface area contributed by atoms with E-state index in [-0.39, 0.29) is 5.96 Å². The molecule has 5 nitrogen and oxygen atoms in total. The fourth-order valence-electron chi connectivity index (χ4n) is 2.13. The second-order valence-corrected chi connectivity index (χ2v) is 5.83. The summed E-state index contributed by atoms with van der Waals surface area (Å²) in [5, 5.41) is 0. The summed E-state index contributed by atoms with van der Waals surface area (Å²) in [6.45, 7) is 6.98. The standard InChI is InChI=1S/C11H27N5/c1-15(2)7-9-16(3,10-8-15)6-4-5-14-11(12)13/h4-10H2,1-3H3,(H4,12,13,14)/q+2. The molecule has 1 aliphatic heterocycles. The highest BCUT2D eigenvalue weighted by atomic mass is 15.4. The van der Waals surface area contributed by atoms with Gasteiger partial charge in [0.1, 0.15) is 26.2 Å². The Morgan fingerprint density at radius 2 is 1.62 bits per heavy atom. The molecule has 0 spiro atoms. The van der Waals surface area contributed by atoms with E-state index in [1.165, 1.54) is 37.2 Å². The highest BCUT2D eigenvalue weighted by Crippen LogP contribution is 2.13. The zero-order chi connectivity index (χ0) is 12.2. The van der Waals surface area contributed by atoms with Crippen molar-refractivity contribution in [1.29, 1.82) is 0 Å². The molecule has 0 radical (unpaired) electrons. The van der Waals surface area contributed by atoms with Crippen LogP contribution in [0.5, 0.6) is 0 Å². The van der Waals surface area contributed by atoms with Gasteiger partial charge in [-0.25, -0.2) is 0 Å². The van der Waals surface area contributed by atoms with Gasteiger partial charge in [0, 0.05) is 13.0 Å². The summed E-state index contributed by atoms with van der Waals surface area (Å²) in [6, 6.07) is 0. The van der Waals surface area contributed by atoms with Crippen molar-refractivity contribution in [3.63, 3.8) is 0 Å². The van der Waals surface area contributed by atoms with Gasteiger partial charge in [-0.15, -0.1) is 0 Å². The predicted octanol–water partition coefficient (Wildman–Crippen LogP) is -0.813. The normalized spacial score (nSPS) is 22.7. The van der Waals surface area contributed by atoms with Crippen molar-refractivity contribution in [2.24, 2.45) is 16.5 Å². The molecule has 5 heteroatoms. The van der Waals surface area contributed by atoms with Crippen LogP contribution in [0.15, 0.2) is 4.99 Å². The summed E-state index contributed by atoms with van der Waals surface area (Å²) in [6.07, 6.45) is 1.07. The Hall–Kier alpha value is -0.810. The molecular formula is C11H27N5+2. The zero-order valence-corrected chi connectivity index (χ0v) is 10.9. The molecule has 94 valence electrons. The van der Waals surface area contributed by atoms with Gasteiger partial charge in [0.05, 0.1) is 27.7 Å². The second kappa shape index (κ2) is 5.01. The molecule has 0 aliphatic carbocycles. The first-order chi connectivity index (χ1) is 7.33. The van der Waals surface area contributed by atoms with E-state index in [0.29, 0.717) is 0 Å². The Balaban J connectivity index is 2.29. The average Bonchev–Trinajstić information content (AvgIpc) is 2.18. The van der Waals surface area contributed by atoms with E-state index in [2.05, 4.69) is 26.1 Å². The molecule has 0 aromatic carbocycles. The smallest absolute Gasteiger partial charge is 0.185 e. The minimum Gasteiger partial charge on any atom is -0.370 e. The van der Waals surface area contributed by atoms with Crippen LogP contribution in [0.4, 0.5) is 0 Å². The van der Waals surface area contributed by atoms with Gasteiger partial charge >= 0.3 is 0 Å². The monoisotopic (exact) mass is 229 g/mol. The van der Waals surface area contributed by atoms with E-state index in [0.717, 1.165) is 17.4 Å². The highest BCUT2D eigenvalue weighted by molar-refractivity contribution is 5.75. The van der Waals surface area contributed by atoms with Gasteiger partial charge < -0.3 is 20.4 Å². The number of nitrogens with two attached hydrogens (primary N) is 2. The van der Waals surface area contributed by atoms with Crippen LogP contribution in [0, 0.1) is 0 Å². The van der Waals surface area contributed by atoms with Crippen molar-refractivity contribution in [2.45, 2.75) is 6.42 Å². The largest absolute Gasteiger partial charge is 0.370 e. The third kappa shape index (κ3) is 4.37. The Morgan fingerprint density at radius 3 is 2.12 bits per heavy atom. The van der Waals surface area contributed by atoms with Crippen LogP contribution >= 0.6 is 0 Å². The summed E-state index contributed by atoms with van der Waals surface area (Å²) in [5.74, 6) is 0.207. The second-order valence-electron chi connectivity index (χ2n) is 5.83. The van der Waals surface area contributed by atoms with Crippen LogP contribution in [0.1, 0.15) is 6.42 Å². The number of aliphatic imine (C=N–C) groups is 1. The lowest BCUT2D eigenvalue weighted by atomic mass is 10.2. The molecule has 0 amide bonds. The molecule has 16 heavy (non-hydrogen) atoms. The molecule has 0 saturated carbocycles. The Kier molecular flexibility index (Phi) is 4.15. The first-order valence-corrected chi connectivity index (χ1v) is 6.04. The first-order valence-electron chi connectivity index (χ1n) is 6.04. The van der Waals surface area contributed by atoms with Crippen molar-refractivity contribution in [3.05, 3.63) is 0 Å². The third-order valence-electron chi connectivity index (χ3n) is 3.64. The maximum absolute atomic E-state index is 5.30. The molecule has 1 saturated heterocycles. The van der Waals surface area contributed by atoms with Crippen LogP contribution in [-0.2, 0) is 0 Å². The van der Waals surface area contributed by atoms with Crippen LogP contribution in [0.2, 0.25) is 0 Å². The summed E-state index contributed by atoms with van der Waals surface area (Å²) in [4.78, 5) is 4.03. The van der Waals surface area contributed by atoms with Crippen LogP contribution < -0.4 is 11.5 Å². The zero-order valence-electron chi connectivity index (χ0n) is 10.9. The lowest BCUT2D eigenvalue weighted by molar-refractivity contribution is -1.01. The molecule has 1 fully saturated rings. The van der Waals surface area contributed by atoms with E-state index >= 15 is 0 Å². The van der Waals surface area contributed by atoms with Gasteiger partial charge in [-0.2, -0.15) is 0 Å². The highest BCUT2D eigenvalue weighted by Gasteiger charge is 2.33. The topological polar surface area (TPSA) is 64.4 Å². The lowest BCUT2D eigenvalue weighted by Gasteiger charge is -2.44. The SMILES string of the molecule is C[N+]1(C)CC[N+](C)(CCCN=C(N)N)CC1. The van der Waals surface area contributed by atoms with Gasteiger partial charge in [0.25, 0.3) is 0 Å². The van der Waals surface area contributed by atoms with Crippen molar-refractivity contribution in [3.8, 4) is 0 Å². The van der Waals surface area contributed by atoms with Gasteiger partial charge in [-0.1, -0.05) is 0 Å². The van der Waals surface area contributed by atoms with E-state index in [4.69, 9.17) is 11.5 Å². The number of nitrogens with zero attached hydrogens (tertiary/aromatic N) is 3. The molecule has 1 rings (SSSR count). The maximum Gasteiger partial charge on any atom is 0.185 e. The number of rotatable bonds is 4. The number of quaternary nitrogens is 2. The predicted molar refractivity (Wildman–Crippen MR) is 67.9 cm³/mol. The molecule has 0 aromatic rings. The number of guanidine groups is 1. The fraction of sp³-hybridized carbons (Fsp3) is 0.909. The van der Waals surface area contributed by atoms with Crippen molar-refractivity contribution < 1.29 is 8.97 Å². The summed E-state index contributed by atoms with van der Waals surface area (Å²) in [7, 11) is 6.96. The Bertz CT molecular complexity index is 245. The van der Waals surface area contributed by atoms with E-state index in [9.17, 15) is 0 Å². The lowest BCUT2D eigenvalue weighted by Crippen LogP contribution is -2.62. The van der Waals surface area contributed by atoms with Gasteiger partial charge in [-0.05, 0) is 0 Å². The van der Waals surface area contributed by atoms with Crippen LogP contribution in [0.25, 0.3) is 0 Å². The van der Waals surface area contributed by atoms with Crippen molar-refractivity contribution >= 4 is 5.96 Å². The third-order valence-corrected chi connectivity index (χ3v) is 3.64. The summed E-state index contributed by atoms with van der Waals surface area (Å²) in [5.41, 5.74) is 10.6. The minimum atomic E-state index is 0.207. The van der Waals surface area contributed by atoms with Crippen LogP contribution in [0.3, 0.4) is 0 Å². The molecular weight excluding hydrogens is 202 g/mol. The molecule has 1 aliphatic rings. The maximum atomic E-state index is 5.30. The van der Waals surface area contributed by atoms with E-state index < -0.39 is 0 Å². The van der Waals surface area contributed by atoms with Crippen molar-refractivity contribution in [1.82, 2.24) is 0 Å². The molecule has 0 aromatic heterocycles. The van der Waals surface area contributed by atoms with Gasteiger partial charge in [-0.3, -0.25) is 4.99 Å². The summed E-state index contributed by atoms with van der Waals surface area (Å²) >= 11 is 0. The van der Waals surface area contributed by atoms with Crippen molar-refractivity contribution in [2.75, 3.05) is 60.4 Å². The molecule has 0 atom stereocenters. The Morgan fingerprint density at radius 1 is 1.06 bits per heavy atom. The molecule has 1 heterocycles. The summed E-state index contributed by atoms with van der Waals surface area (Å²) < 4.78 is 2.32. The van der Waals surface area contributed by atoms with Gasteiger partial charge in [0.2, 0.25) is 0 Å². The van der Waals surface area contributed by atoms with E-state index in [1.54, 1.807) is 0 Å². The molecule has 4 N–H and O–H groups in total. The number of hydrogen-bond donors (Lipinski definition) is 2. The molecule has 0 bridgehead atoms. The quantitative estimate of drug-likeness (QED) is 0.286. The van der Waals surface area contributed by atoms with Crippen LogP contribution in [-0.4, -0.2) is 75.3 Å². The van der Waals surface area contributed by atoms with Gasteiger partial charge in [0.15, 0.2) is 5.96 Å². The molecule has 0 unspecified atom stereocenters. The average molecular weight is 229 g/mol. The van der Waals surface area contributed by atoms with E-state index in [1.807, 2.05) is 0 Å².